The average Bonchev–Trinajstić information content (AvgIpc) is 3.22. The smallest absolute Gasteiger partial charge is 0.292 e. The summed E-state index contributed by atoms with van der Waals surface area (Å²) in [5.74, 6) is 0.502. The number of hydrogen-bond donors (Lipinski definition) is 1. The summed E-state index contributed by atoms with van der Waals surface area (Å²) in [7, 11) is 0. The van der Waals surface area contributed by atoms with E-state index in [-0.39, 0.29) is 11.5 Å². The number of hydrogen-bond acceptors (Lipinski definition) is 5. The van der Waals surface area contributed by atoms with Gasteiger partial charge in [0.25, 0.3) is 5.56 Å². The number of aromatic nitrogens is 4. The molecule has 0 saturated heterocycles. The number of fused-ring (bicyclic) bond motifs is 3. The summed E-state index contributed by atoms with van der Waals surface area (Å²) in [6, 6.07) is 4.82. The molecule has 0 aliphatic carbocycles. The number of nitrogens with one attached hydrogen (secondary N) is 1. The SMILES string of the molecule is CCn1c2cc(C)oc2c2cnn([C@H](C)C(=O)NCc3ccncc3)c(=O)c21. The quantitative estimate of drug-likeness (QED) is 0.575. The van der Waals surface area contributed by atoms with Crippen LogP contribution in [0.3, 0.4) is 0 Å². The van der Waals surface area contributed by atoms with E-state index in [0.29, 0.717) is 29.6 Å². The third-order valence-electron chi connectivity index (χ3n) is 4.90. The molecule has 8 heteroatoms. The third kappa shape index (κ3) is 2.87. The van der Waals surface area contributed by atoms with Gasteiger partial charge in [0.15, 0.2) is 5.58 Å². The van der Waals surface area contributed by atoms with E-state index >= 15 is 0 Å². The number of aryl methyl sites for hydroxylation is 2. The largest absolute Gasteiger partial charge is 0.459 e. The van der Waals surface area contributed by atoms with Crippen LogP contribution >= 0.6 is 0 Å². The molecule has 0 saturated carbocycles. The molecule has 1 N–H and O–H groups in total. The minimum Gasteiger partial charge on any atom is -0.459 e. The van der Waals surface area contributed by atoms with E-state index in [0.717, 1.165) is 16.8 Å². The van der Waals surface area contributed by atoms with E-state index in [1.807, 2.05) is 36.6 Å². The molecule has 8 nitrogen and oxygen atoms in total. The highest BCUT2D eigenvalue weighted by molar-refractivity contribution is 6.04. The lowest BCUT2D eigenvalue weighted by Gasteiger charge is -2.14. The molecule has 4 rings (SSSR count). The Morgan fingerprint density at radius 1 is 1.32 bits per heavy atom. The van der Waals surface area contributed by atoms with Gasteiger partial charge in [0.2, 0.25) is 5.91 Å². The van der Waals surface area contributed by atoms with Crippen LogP contribution in [-0.4, -0.2) is 25.2 Å². The second-order valence-corrected chi connectivity index (χ2v) is 6.72. The average molecular weight is 379 g/mol. The molecular formula is C20H21N5O3. The monoisotopic (exact) mass is 379 g/mol. The standard InChI is InChI=1S/C20H21N5O3/c1-4-24-16-9-12(2)28-18(16)15-11-23-25(20(27)17(15)24)13(3)19(26)22-10-14-5-7-21-8-6-14/h5-9,11,13H,4,10H2,1-3H3,(H,22,26)/t13-/m1/s1. The Balaban J connectivity index is 1.69. The first-order chi connectivity index (χ1) is 13.5. The molecule has 28 heavy (non-hydrogen) atoms. The lowest BCUT2D eigenvalue weighted by atomic mass is 10.2. The van der Waals surface area contributed by atoms with E-state index < -0.39 is 6.04 Å². The highest BCUT2D eigenvalue weighted by atomic mass is 16.3. The number of rotatable bonds is 5. The van der Waals surface area contributed by atoms with Crippen molar-refractivity contribution in [1.29, 1.82) is 0 Å². The van der Waals surface area contributed by atoms with Crippen LogP contribution in [0.1, 0.15) is 31.2 Å². The van der Waals surface area contributed by atoms with Crippen LogP contribution in [0.25, 0.3) is 22.0 Å². The van der Waals surface area contributed by atoms with E-state index in [4.69, 9.17) is 4.42 Å². The van der Waals surface area contributed by atoms with Crippen molar-refractivity contribution in [2.45, 2.75) is 39.9 Å². The highest BCUT2D eigenvalue weighted by Crippen LogP contribution is 2.29. The van der Waals surface area contributed by atoms with Gasteiger partial charge in [-0.05, 0) is 38.5 Å². The van der Waals surface area contributed by atoms with E-state index in [1.54, 1.807) is 25.5 Å². The van der Waals surface area contributed by atoms with Gasteiger partial charge >= 0.3 is 0 Å². The first kappa shape index (κ1) is 18.0. The summed E-state index contributed by atoms with van der Waals surface area (Å²) >= 11 is 0. The van der Waals surface area contributed by atoms with Crippen LogP contribution in [0.15, 0.2) is 46.0 Å². The molecule has 1 atom stereocenters. The zero-order valence-corrected chi connectivity index (χ0v) is 16.0. The van der Waals surface area contributed by atoms with Gasteiger partial charge in [-0.25, -0.2) is 4.68 Å². The van der Waals surface area contributed by atoms with Gasteiger partial charge in [-0.3, -0.25) is 14.6 Å². The van der Waals surface area contributed by atoms with Crippen molar-refractivity contribution in [2.24, 2.45) is 0 Å². The number of carbonyl (C=O) groups excluding carboxylic acids is 1. The molecule has 0 bridgehead atoms. The zero-order valence-electron chi connectivity index (χ0n) is 16.0. The maximum atomic E-state index is 13.1. The molecular weight excluding hydrogens is 358 g/mol. The van der Waals surface area contributed by atoms with E-state index in [9.17, 15) is 9.59 Å². The summed E-state index contributed by atoms with van der Waals surface area (Å²) in [5, 5.41) is 7.75. The van der Waals surface area contributed by atoms with Crippen molar-refractivity contribution in [3.8, 4) is 0 Å². The molecule has 0 aliphatic heterocycles. The minimum atomic E-state index is -0.744. The lowest BCUT2D eigenvalue weighted by molar-refractivity contribution is -0.124. The van der Waals surface area contributed by atoms with Crippen molar-refractivity contribution < 1.29 is 9.21 Å². The Morgan fingerprint density at radius 2 is 2.07 bits per heavy atom. The van der Waals surface area contributed by atoms with Crippen molar-refractivity contribution in [3.63, 3.8) is 0 Å². The van der Waals surface area contributed by atoms with Crippen LogP contribution in [-0.2, 0) is 17.9 Å². The molecule has 4 aromatic rings. The Bertz CT molecular complexity index is 1220. The van der Waals surface area contributed by atoms with E-state index in [2.05, 4.69) is 15.4 Å². The minimum absolute atomic E-state index is 0.278. The van der Waals surface area contributed by atoms with Crippen LogP contribution in [0.5, 0.6) is 0 Å². The van der Waals surface area contributed by atoms with Crippen molar-refractivity contribution in [1.82, 2.24) is 24.6 Å². The Hall–Kier alpha value is -3.42. The fourth-order valence-electron chi connectivity index (χ4n) is 3.45. The van der Waals surface area contributed by atoms with Crippen molar-refractivity contribution in [3.05, 3.63) is 58.5 Å². The molecule has 0 unspecified atom stereocenters. The molecule has 4 aromatic heterocycles. The lowest BCUT2D eigenvalue weighted by Crippen LogP contribution is -2.37. The third-order valence-corrected chi connectivity index (χ3v) is 4.90. The number of pyridine rings is 1. The fourth-order valence-corrected chi connectivity index (χ4v) is 3.45. The summed E-state index contributed by atoms with van der Waals surface area (Å²) in [6.45, 7) is 6.47. The second-order valence-electron chi connectivity index (χ2n) is 6.72. The summed E-state index contributed by atoms with van der Waals surface area (Å²) < 4.78 is 8.89. The molecule has 0 aliphatic rings. The van der Waals surface area contributed by atoms with Crippen LogP contribution in [0.4, 0.5) is 0 Å². The molecule has 0 aromatic carbocycles. The summed E-state index contributed by atoms with van der Waals surface area (Å²) in [6.07, 6.45) is 4.93. The van der Waals surface area contributed by atoms with Gasteiger partial charge in [0, 0.05) is 31.5 Å². The molecule has 0 fully saturated rings. The van der Waals surface area contributed by atoms with Gasteiger partial charge < -0.3 is 14.3 Å². The predicted molar refractivity (Wildman–Crippen MR) is 105 cm³/mol. The molecule has 0 radical (unpaired) electrons. The van der Waals surface area contributed by atoms with Crippen LogP contribution < -0.4 is 10.9 Å². The number of nitrogens with zero attached hydrogens (tertiary/aromatic N) is 4. The Kier molecular flexibility index (Phi) is 4.46. The molecule has 0 spiro atoms. The van der Waals surface area contributed by atoms with Gasteiger partial charge in [-0.1, -0.05) is 0 Å². The topological polar surface area (TPSA) is 94.9 Å². The number of amides is 1. The highest BCUT2D eigenvalue weighted by Gasteiger charge is 2.23. The fraction of sp³-hybridized carbons (Fsp3) is 0.300. The maximum Gasteiger partial charge on any atom is 0.292 e. The first-order valence-corrected chi connectivity index (χ1v) is 9.18. The van der Waals surface area contributed by atoms with Crippen LogP contribution in [0.2, 0.25) is 0 Å². The Labute approximate surface area is 160 Å². The number of carbonyl (C=O) groups is 1. The van der Waals surface area contributed by atoms with Crippen molar-refractivity contribution in [2.75, 3.05) is 0 Å². The van der Waals surface area contributed by atoms with Gasteiger partial charge in [0.05, 0.1) is 17.1 Å². The van der Waals surface area contributed by atoms with E-state index in [1.165, 1.54) is 4.68 Å². The van der Waals surface area contributed by atoms with Gasteiger partial charge in [-0.15, -0.1) is 0 Å². The predicted octanol–water partition coefficient (Wildman–Crippen LogP) is 2.54. The van der Waals surface area contributed by atoms with Gasteiger partial charge in [0.1, 0.15) is 17.3 Å². The first-order valence-electron chi connectivity index (χ1n) is 9.18. The van der Waals surface area contributed by atoms with Gasteiger partial charge in [-0.2, -0.15) is 5.10 Å². The van der Waals surface area contributed by atoms with Crippen LogP contribution in [0, 0.1) is 6.92 Å². The molecule has 4 heterocycles. The summed E-state index contributed by atoms with van der Waals surface area (Å²) in [5.41, 5.74) is 2.64. The second kappa shape index (κ2) is 6.95. The Morgan fingerprint density at radius 3 is 2.79 bits per heavy atom. The normalized spacial score (nSPS) is 12.5. The maximum absolute atomic E-state index is 13.1. The summed E-state index contributed by atoms with van der Waals surface area (Å²) in [4.78, 5) is 29.7. The van der Waals surface area contributed by atoms with Crippen molar-refractivity contribution >= 4 is 27.9 Å². The zero-order chi connectivity index (χ0) is 19.8. The molecule has 144 valence electrons. The number of furan rings is 1. The molecule has 1 amide bonds.